The molecule has 1 aromatic carbocycles. The first kappa shape index (κ1) is 21.0. The van der Waals surface area contributed by atoms with Gasteiger partial charge in [0.1, 0.15) is 0 Å². The van der Waals surface area contributed by atoms with E-state index in [2.05, 4.69) is 16.0 Å². The molecule has 25 heavy (non-hydrogen) atoms. The Morgan fingerprint density at radius 2 is 2.04 bits per heavy atom. The lowest BCUT2D eigenvalue weighted by molar-refractivity contribution is -0.115. The number of furan rings is 1. The van der Waals surface area contributed by atoms with Crippen LogP contribution in [-0.4, -0.2) is 38.6 Å². The van der Waals surface area contributed by atoms with Crippen LogP contribution in [-0.2, 0) is 9.53 Å². The van der Waals surface area contributed by atoms with Gasteiger partial charge in [-0.3, -0.25) is 9.59 Å². The Labute approximate surface area is 156 Å². The molecule has 0 spiro atoms. The molecule has 2 rings (SSSR count). The first-order chi connectivity index (χ1) is 11.6. The zero-order valence-corrected chi connectivity index (χ0v) is 15.1. The maximum atomic E-state index is 11.9. The van der Waals surface area contributed by atoms with E-state index in [-0.39, 0.29) is 30.6 Å². The number of halogens is 2. The van der Waals surface area contributed by atoms with Gasteiger partial charge in [-0.05, 0) is 30.3 Å². The SMILES string of the molecule is COCCNCC(=O)Nc1ccc(NC(=O)c2ccco2)c(Cl)c1.Cl. The van der Waals surface area contributed by atoms with E-state index in [1.165, 1.54) is 6.26 Å². The van der Waals surface area contributed by atoms with Crippen molar-refractivity contribution in [1.29, 1.82) is 0 Å². The minimum Gasteiger partial charge on any atom is -0.459 e. The Morgan fingerprint density at radius 3 is 2.68 bits per heavy atom. The second kappa shape index (κ2) is 10.7. The van der Waals surface area contributed by atoms with E-state index in [1.54, 1.807) is 37.4 Å². The largest absolute Gasteiger partial charge is 0.459 e. The van der Waals surface area contributed by atoms with Crippen LogP contribution in [0.1, 0.15) is 10.6 Å². The lowest BCUT2D eigenvalue weighted by Gasteiger charge is -2.10. The predicted octanol–water partition coefficient (Wildman–Crippen LogP) is 2.78. The Balaban J connectivity index is 0.00000312. The zero-order valence-electron chi connectivity index (χ0n) is 13.5. The van der Waals surface area contributed by atoms with Crippen LogP contribution < -0.4 is 16.0 Å². The monoisotopic (exact) mass is 387 g/mol. The van der Waals surface area contributed by atoms with Crippen LogP contribution in [0, 0.1) is 0 Å². The smallest absolute Gasteiger partial charge is 0.291 e. The fourth-order valence-electron chi connectivity index (χ4n) is 1.87. The molecule has 0 bridgehead atoms. The van der Waals surface area contributed by atoms with Crippen LogP contribution in [0.3, 0.4) is 0 Å². The molecule has 3 N–H and O–H groups in total. The summed E-state index contributed by atoms with van der Waals surface area (Å²) < 4.78 is 9.89. The van der Waals surface area contributed by atoms with Crippen molar-refractivity contribution in [3.05, 3.63) is 47.4 Å². The summed E-state index contributed by atoms with van der Waals surface area (Å²) in [5, 5.41) is 8.59. The highest BCUT2D eigenvalue weighted by Crippen LogP contribution is 2.26. The van der Waals surface area contributed by atoms with Crippen molar-refractivity contribution < 1.29 is 18.7 Å². The highest BCUT2D eigenvalue weighted by molar-refractivity contribution is 6.34. The normalized spacial score (nSPS) is 10.0. The third kappa shape index (κ3) is 6.75. The van der Waals surface area contributed by atoms with Gasteiger partial charge in [0.2, 0.25) is 5.91 Å². The highest BCUT2D eigenvalue weighted by atomic mass is 35.5. The summed E-state index contributed by atoms with van der Waals surface area (Å²) in [5.74, 6) is -0.416. The van der Waals surface area contributed by atoms with E-state index in [0.29, 0.717) is 29.5 Å². The van der Waals surface area contributed by atoms with E-state index in [1.807, 2.05) is 0 Å². The first-order valence-corrected chi connectivity index (χ1v) is 7.62. The van der Waals surface area contributed by atoms with Crippen LogP contribution in [0.4, 0.5) is 11.4 Å². The van der Waals surface area contributed by atoms with Gasteiger partial charge in [-0.25, -0.2) is 0 Å². The molecular formula is C16H19Cl2N3O4. The molecule has 9 heteroatoms. The minimum atomic E-state index is -0.402. The van der Waals surface area contributed by atoms with Gasteiger partial charge in [-0.15, -0.1) is 12.4 Å². The van der Waals surface area contributed by atoms with E-state index in [9.17, 15) is 9.59 Å². The number of amides is 2. The summed E-state index contributed by atoms with van der Waals surface area (Å²) >= 11 is 6.14. The zero-order chi connectivity index (χ0) is 17.4. The summed E-state index contributed by atoms with van der Waals surface area (Å²) in [6, 6.07) is 7.99. The molecule has 0 radical (unpaired) electrons. The lowest BCUT2D eigenvalue weighted by atomic mass is 10.2. The van der Waals surface area contributed by atoms with Gasteiger partial charge in [-0.2, -0.15) is 0 Å². The van der Waals surface area contributed by atoms with Gasteiger partial charge in [0.15, 0.2) is 5.76 Å². The Hall–Kier alpha value is -2.06. The standard InChI is InChI=1S/C16H18ClN3O4.ClH/c1-23-8-6-18-10-15(21)19-11-4-5-13(12(17)9-11)20-16(22)14-3-2-7-24-14;/h2-5,7,9,18H,6,8,10H2,1H3,(H,19,21)(H,20,22);1H. The van der Waals surface area contributed by atoms with Gasteiger partial charge in [0.25, 0.3) is 5.91 Å². The van der Waals surface area contributed by atoms with Crippen LogP contribution in [0.2, 0.25) is 5.02 Å². The van der Waals surface area contributed by atoms with Crippen molar-refractivity contribution in [2.24, 2.45) is 0 Å². The molecular weight excluding hydrogens is 369 g/mol. The number of methoxy groups -OCH3 is 1. The molecule has 136 valence electrons. The fourth-order valence-corrected chi connectivity index (χ4v) is 2.10. The van der Waals surface area contributed by atoms with Crippen molar-refractivity contribution >= 4 is 47.2 Å². The van der Waals surface area contributed by atoms with E-state index >= 15 is 0 Å². The predicted molar refractivity (Wildman–Crippen MR) is 98.7 cm³/mol. The molecule has 0 saturated carbocycles. The average Bonchev–Trinajstić information content (AvgIpc) is 3.09. The number of nitrogens with one attached hydrogen (secondary N) is 3. The van der Waals surface area contributed by atoms with Gasteiger partial charge in [-0.1, -0.05) is 11.6 Å². The maximum absolute atomic E-state index is 11.9. The molecule has 0 saturated heterocycles. The molecule has 1 heterocycles. The number of hydrogen-bond donors (Lipinski definition) is 3. The van der Waals surface area contributed by atoms with Crippen molar-refractivity contribution in [2.45, 2.75) is 0 Å². The van der Waals surface area contributed by atoms with Crippen molar-refractivity contribution in [3.8, 4) is 0 Å². The average molecular weight is 388 g/mol. The Kier molecular flexibility index (Phi) is 9.01. The van der Waals surface area contributed by atoms with Gasteiger partial charge in [0.05, 0.1) is 30.1 Å². The van der Waals surface area contributed by atoms with Crippen molar-refractivity contribution in [1.82, 2.24) is 5.32 Å². The van der Waals surface area contributed by atoms with Crippen LogP contribution in [0.25, 0.3) is 0 Å². The third-order valence-electron chi connectivity index (χ3n) is 3.01. The summed E-state index contributed by atoms with van der Waals surface area (Å²) in [6.45, 7) is 1.28. The molecule has 0 unspecified atom stereocenters. The summed E-state index contributed by atoms with van der Waals surface area (Å²) in [7, 11) is 1.59. The number of benzene rings is 1. The number of rotatable bonds is 8. The number of carbonyl (C=O) groups excluding carboxylic acids is 2. The maximum Gasteiger partial charge on any atom is 0.291 e. The molecule has 0 fully saturated rings. The molecule has 2 aromatic rings. The third-order valence-corrected chi connectivity index (χ3v) is 3.33. The molecule has 0 aliphatic heterocycles. The molecule has 0 aliphatic carbocycles. The number of hydrogen-bond acceptors (Lipinski definition) is 5. The van der Waals surface area contributed by atoms with E-state index in [0.717, 1.165) is 0 Å². The second-order valence-electron chi connectivity index (χ2n) is 4.84. The molecule has 0 aliphatic rings. The summed E-state index contributed by atoms with van der Waals surface area (Å²) in [6.07, 6.45) is 1.41. The van der Waals surface area contributed by atoms with Crippen LogP contribution >= 0.6 is 24.0 Å². The van der Waals surface area contributed by atoms with Gasteiger partial charge in [0, 0.05) is 19.3 Å². The van der Waals surface area contributed by atoms with Gasteiger partial charge >= 0.3 is 0 Å². The summed E-state index contributed by atoms with van der Waals surface area (Å²) in [4.78, 5) is 23.7. The van der Waals surface area contributed by atoms with E-state index < -0.39 is 5.91 Å². The number of anilines is 2. The number of ether oxygens (including phenoxy) is 1. The lowest BCUT2D eigenvalue weighted by Crippen LogP contribution is -2.30. The van der Waals surface area contributed by atoms with Crippen LogP contribution in [0.5, 0.6) is 0 Å². The molecule has 0 atom stereocenters. The highest BCUT2D eigenvalue weighted by Gasteiger charge is 2.11. The van der Waals surface area contributed by atoms with E-state index in [4.69, 9.17) is 20.8 Å². The topological polar surface area (TPSA) is 92.6 Å². The van der Waals surface area contributed by atoms with Gasteiger partial charge < -0.3 is 25.1 Å². The quantitative estimate of drug-likeness (QED) is 0.605. The second-order valence-corrected chi connectivity index (χ2v) is 5.25. The van der Waals surface area contributed by atoms with Crippen LogP contribution in [0.15, 0.2) is 41.0 Å². The summed E-state index contributed by atoms with van der Waals surface area (Å²) in [5.41, 5.74) is 0.962. The molecule has 7 nitrogen and oxygen atoms in total. The Bertz CT molecular complexity index is 693. The minimum absolute atomic E-state index is 0. The molecule has 1 aromatic heterocycles. The first-order valence-electron chi connectivity index (χ1n) is 7.24. The fraction of sp³-hybridized carbons (Fsp3) is 0.250. The van der Waals surface area contributed by atoms with Crippen molar-refractivity contribution in [2.75, 3.05) is 37.4 Å². The molecule has 2 amide bonds. The Morgan fingerprint density at radius 1 is 1.24 bits per heavy atom. The van der Waals surface area contributed by atoms with Crippen molar-refractivity contribution in [3.63, 3.8) is 0 Å². The number of carbonyl (C=O) groups is 2.